The third-order valence-corrected chi connectivity index (χ3v) is 3.95. The summed E-state index contributed by atoms with van der Waals surface area (Å²) in [7, 11) is 0. The Bertz CT molecular complexity index is 874. The first-order valence-corrected chi connectivity index (χ1v) is 7.44. The summed E-state index contributed by atoms with van der Waals surface area (Å²) in [4.78, 5) is 16.3. The van der Waals surface area contributed by atoms with Crippen LogP contribution in [0.2, 0.25) is 5.02 Å². The molecule has 0 saturated heterocycles. The second kappa shape index (κ2) is 5.96. The lowest BCUT2D eigenvalue weighted by Crippen LogP contribution is -2.13. The standard InChI is InChI=1S/C16H14ClFN4O/c1-8(2)9-3-5-10(6-4-9)20-16(23)11-7-19-15-12(13(11)17)14(18)21-22-15/h3-8H,1-2H3,(H,20,23)(H,19,21,22). The summed E-state index contributed by atoms with van der Waals surface area (Å²) in [5.74, 6) is -0.763. The second-order valence-corrected chi connectivity index (χ2v) is 5.83. The van der Waals surface area contributed by atoms with Crippen LogP contribution in [-0.2, 0) is 0 Å². The zero-order chi connectivity index (χ0) is 16.6. The third-order valence-electron chi connectivity index (χ3n) is 3.55. The van der Waals surface area contributed by atoms with Crippen LogP contribution in [0.5, 0.6) is 0 Å². The minimum atomic E-state index is -0.714. The van der Waals surface area contributed by atoms with Gasteiger partial charge in [-0.05, 0) is 23.6 Å². The number of anilines is 1. The van der Waals surface area contributed by atoms with Gasteiger partial charge in [0.15, 0.2) is 5.65 Å². The molecule has 0 aliphatic heterocycles. The van der Waals surface area contributed by atoms with Crippen LogP contribution in [0.25, 0.3) is 11.0 Å². The molecule has 0 fully saturated rings. The minimum Gasteiger partial charge on any atom is -0.322 e. The van der Waals surface area contributed by atoms with Crippen molar-refractivity contribution in [3.63, 3.8) is 0 Å². The molecule has 0 unspecified atom stereocenters. The molecular weight excluding hydrogens is 319 g/mol. The van der Waals surface area contributed by atoms with Crippen LogP contribution in [0.4, 0.5) is 10.1 Å². The van der Waals surface area contributed by atoms with Crippen LogP contribution in [-0.4, -0.2) is 21.1 Å². The van der Waals surface area contributed by atoms with Gasteiger partial charge in [-0.2, -0.15) is 9.49 Å². The molecule has 1 amide bonds. The monoisotopic (exact) mass is 332 g/mol. The molecule has 3 aromatic rings. The molecule has 0 aliphatic rings. The van der Waals surface area contributed by atoms with Gasteiger partial charge in [-0.25, -0.2) is 4.98 Å². The molecule has 0 atom stereocenters. The number of carbonyl (C=O) groups excluding carboxylic acids is 1. The topological polar surface area (TPSA) is 70.7 Å². The molecular formula is C16H14ClFN4O. The molecule has 7 heteroatoms. The lowest BCUT2D eigenvalue weighted by atomic mass is 10.0. The number of benzene rings is 1. The first kappa shape index (κ1) is 15.4. The van der Waals surface area contributed by atoms with Gasteiger partial charge in [0.1, 0.15) is 0 Å². The number of halogens is 2. The van der Waals surface area contributed by atoms with Crippen LogP contribution in [0.1, 0.15) is 35.7 Å². The highest BCUT2D eigenvalue weighted by atomic mass is 35.5. The van der Waals surface area contributed by atoms with Crippen molar-refractivity contribution in [2.45, 2.75) is 19.8 Å². The van der Waals surface area contributed by atoms with Crippen molar-refractivity contribution in [3.8, 4) is 0 Å². The van der Waals surface area contributed by atoms with Crippen LogP contribution < -0.4 is 5.32 Å². The highest BCUT2D eigenvalue weighted by molar-refractivity contribution is 6.38. The maximum atomic E-state index is 13.6. The maximum absolute atomic E-state index is 13.6. The molecule has 0 spiro atoms. The van der Waals surface area contributed by atoms with Crippen molar-refractivity contribution in [2.75, 3.05) is 5.32 Å². The van der Waals surface area contributed by atoms with Gasteiger partial charge in [0.05, 0.1) is 16.0 Å². The molecule has 118 valence electrons. The average Bonchev–Trinajstić information content (AvgIpc) is 2.90. The first-order chi connectivity index (χ1) is 11.0. The zero-order valence-electron chi connectivity index (χ0n) is 12.5. The molecule has 2 heterocycles. The summed E-state index contributed by atoms with van der Waals surface area (Å²) < 4.78 is 13.6. The van der Waals surface area contributed by atoms with Gasteiger partial charge in [0.2, 0.25) is 5.95 Å². The number of pyridine rings is 1. The Balaban J connectivity index is 1.88. The fourth-order valence-electron chi connectivity index (χ4n) is 2.23. The lowest BCUT2D eigenvalue weighted by Gasteiger charge is -2.09. The first-order valence-electron chi connectivity index (χ1n) is 7.06. The smallest absolute Gasteiger partial charge is 0.258 e. The molecule has 3 rings (SSSR count). The van der Waals surface area contributed by atoms with Crippen molar-refractivity contribution in [3.05, 3.63) is 52.6 Å². The number of rotatable bonds is 3. The third kappa shape index (κ3) is 2.90. The second-order valence-electron chi connectivity index (χ2n) is 5.45. The number of aromatic nitrogens is 3. The largest absolute Gasteiger partial charge is 0.322 e. The Kier molecular flexibility index (Phi) is 4.00. The van der Waals surface area contributed by atoms with E-state index in [-0.39, 0.29) is 21.6 Å². The Hall–Kier alpha value is -2.47. The molecule has 23 heavy (non-hydrogen) atoms. The van der Waals surface area contributed by atoms with Crippen LogP contribution in [0.3, 0.4) is 0 Å². The Morgan fingerprint density at radius 3 is 2.65 bits per heavy atom. The number of nitrogens with one attached hydrogen (secondary N) is 2. The number of hydrogen-bond donors (Lipinski definition) is 2. The van der Waals surface area contributed by atoms with Gasteiger partial charge in [-0.1, -0.05) is 37.6 Å². The average molecular weight is 333 g/mol. The SMILES string of the molecule is CC(C)c1ccc(NC(=O)c2cnc3n[nH]c(F)c3c2Cl)cc1. The number of nitrogens with zero attached hydrogens (tertiary/aromatic N) is 2. The Morgan fingerprint density at radius 2 is 2.00 bits per heavy atom. The predicted molar refractivity (Wildman–Crippen MR) is 87.3 cm³/mol. The molecule has 2 N–H and O–H groups in total. The van der Waals surface area contributed by atoms with Crippen molar-refractivity contribution in [1.29, 1.82) is 0 Å². The van der Waals surface area contributed by atoms with Crippen LogP contribution >= 0.6 is 11.6 Å². The van der Waals surface area contributed by atoms with Gasteiger partial charge < -0.3 is 5.32 Å². The van der Waals surface area contributed by atoms with Gasteiger partial charge in [-0.15, -0.1) is 0 Å². The Labute approximate surface area is 136 Å². The van der Waals surface area contributed by atoms with E-state index in [4.69, 9.17) is 11.6 Å². The minimum absolute atomic E-state index is 0.00877. The molecule has 5 nitrogen and oxygen atoms in total. The summed E-state index contributed by atoms with van der Waals surface area (Å²) in [5.41, 5.74) is 2.02. The van der Waals surface area contributed by atoms with Crippen molar-refractivity contribution < 1.29 is 9.18 Å². The number of aromatic amines is 1. The summed E-state index contributed by atoms with van der Waals surface area (Å²) >= 11 is 6.12. The molecule has 0 radical (unpaired) electrons. The van der Waals surface area contributed by atoms with Crippen LogP contribution in [0.15, 0.2) is 30.5 Å². The number of hydrogen-bond acceptors (Lipinski definition) is 3. The summed E-state index contributed by atoms with van der Waals surface area (Å²) in [6.45, 7) is 4.18. The summed E-state index contributed by atoms with van der Waals surface area (Å²) in [6, 6.07) is 7.51. The van der Waals surface area contributed by atoms with Gasteiger partial charge in [0, 0.05) is 11.9 Å². The van der Waals surface area contributed by atoms with E-state index in [1.54, 1.807) is 0 Å². The van der Waals surface area contributed by atoms with Crippen LogP contribution in [0, 0.1) is 5.95 Å². The Morgan fingerprint density at radius 1 is 1.30 bits per heavy atom. The van der Waals surface area contributed by atoms with E-state index < -0.39 is 11.9 Å². The molecule has 0 bridgehead atoms. The molecule has 2 aromatic heterocycles. The highest BCUT2D eigenvalue weighted by Gasteiger charge is 2.18. The van der Waals surface area contributed by atoms with Gasteiger partial charge in [0.25, 0.3) is 5.91 Å². The van der Waals surface area contributed by atoms with Crippen molar-refractivity contribution >= 4 is 34.2 Å². The predicted octanol–water partition coefficient (Wildman–Crippen LogP) is 4.13. The van der Waals surface area contributed by atoms with E-state index in [1.807, 2.05) is 24.3 Å². The van der Waals surface area contributed by atoms with E-state index in [2.05, 4.69) is 34.3 Å². The van der Waals surface area contributed by atoms with Crippen molar-refractivity contribution in [1.82, 2.24) is 15.2 Å². The summed E-state index contributed by atoms with van der Waals surface area (Å²) in [5, 5.41) is 8.53. The van der Waals surface area contributed by atoms with E-state index in [9.17, 15) is 9.18 Å². The number of amides is 1. The fraction of sp³-hybridized carbons (Fsp3) is 0.188. The van der Waals surface area contributed by atoms with Gasteiger partial charge >= 0.3 is 0 Å². The number of fused-ring (bicyclic) bond motifs is 1. The van der Waals surface area contributed by atoms with E-state index >= 15 is 0 Å². The molecule has 0 saturated carbocycles. The zero-order valence-corrected chi connectivity index (χ0v) is 13.3. The van der Waals surface area contributed by atoms with E-state index in [1.165, 1.54) is 11.8 Å². The summed E-state index contributed by atoms with van der Waals surface area (Å²) in [6.07, 6.45) is 1.28. The van der Waals surface area contributed by atoms with Crippen molar-refractivity contribution in [2.24, 2.45) is 0 Å². The maximum Gasteiger partial charge on any atom is 0.258 e. The lowest BCUT2D eigenvalue weighted by molar-refractivity contribution is 0.102. The quantitative estimate of drug-likeness (QED) is 0.757. The van der Waals surface area contributed by atoms with E-state index in [0.29, 0.717) is 11.6 Å². The highest BCUT2D eigenvalue weighted by Crippen LogP contribution is 2.27. The number of carbonyl (C=O) groups is 1. The molecule has 0 aliphatic carbocycles. The van der Waals surface area contributed by atoms with Gasteiger partial charge in [-0.3, -0.25) is 9.89 Å². The molecule has 1 aromatic carbocycles. The fourth-order valence-corrected chi connectivity index (χ4v) is 2.53. The normalized spacial score (nSPS) is 11.2. The van der Waals surface area contributed by atoms with E-state index in [0.717, 1.165) is 0 Å². The number of H-pyrrole nitrogens is 1.